The lowest BCUT2D eigenvalue weighted by Crippen LogP contribution is -2.25. The number of nitriles is 1. The molecule has 100 valence electrons. The van der Waals surface area contributed by atoms with E-state index in [9.17, 15) is 9.59 Å². The highest BCUT2D eigenvalue weighted by atomic mass is 32.2. The fourth-order valence-corrected chi connectivity index (χ4v) is 1.93. The molecule has 0 atom stereocenters. The molecule has 0 aliphatic carbocycles. The Hall–Kier alpha value is -2.00. The first kappa shape index (κ1) is 15.1. The zero-order chi connectivity index (χ0) is 14.1. The molecule has 0 bridgehead atoms. The van der Waals surface area contributed by atoms with Crippen molar-refractivity contribution in [2.24, 2.45) is 0 Å². The van der Waals surface area contributed by atoms with Gasteiger partial charge in [0.1, 0.15) is 0 Å². The molecule has 2 N–H and O–H groups in total. The summed E-state index contributed by atoms with van der Waals surface area (Å²) in [4.78, 5) is 22.0. The second kappa shape index (κ2) is 8.16. The van der Waals surface area contributed by atoms with Crippen molar-refractivity contribution in [3.8, 4) is 6.07 Å². The molecule has 0 spiro atoms. The number of rotatable bonds is 7. The number of carbonyl (C=O) groups excluding carboxylic acids is 1. The minimum atomic E-state index is -0.857. The number of hydrogen-bond donors (Lipinski definition) is 2. The minimum Gasteiger partial charge on any atom is -0.481 e. The molecule has 5 nitrogen and oxygen atoms in total. The average Bonchev–Trinajstić information content (AvgIpc) is 2.39. The van der Waals surface area contributed by atoms with Crippen molar-refractivity contribution in [1.29, 1.82) is 5.26 Å². The van der Waals surface area contributed by atoms with Gasteiger partial charge in [-0.25, -0.2) is 0 Å². The van der Waals surface area contributed by atoms with Gasteiger partial charge in [-0.05, 0) is 17.7 Å². The van der Waals surface area contributed by atoms with Crippen LogP contribution in [0.25, 0.3) is 0 Å². The predicted molar refractivity (Wildman–Crippen MR) is 73.1 cm³/mol. The van der Waals surface area contributed by atoms with Gasteiger partial charge in [-0.15, -0.1) is 11.8 Å². The molecule has 1 aromatic rings. The van der Waals surface area contributed by atoms with Crippen LogP contribution >= 0.6 is 11.8 Å². The highest BCUT2D eigenvalue weighted by molar-refractivity contribution is 7.99. The van der Waals surface area contributed by atoms with E-state index in [0.717, 1.165) is 5.56 Å². The monoisotopic (exact) mass is 278 g/mol. The van der Waals surface area contributed by atoms with E-state index in [1.165, 1.54) is 11.8 Å². The number of nitrogens with zero attached hydrogens (tertiary/aromatic N) is 1. The number of carboxylic acids is 1. The molecule has 0 fully saturated rings. The summed E-state index contributed by atoms with van der Waals surface area (Å²) in [6.07, 6.45) is 0.327. The standard InChI is InChI=1S/C13H14N2O3S/c14-6-5-10-1-3-11(4-2-10)13(18)15-7-8-19-9-12(16)17/h1-4H,5,7-9H2,(H,15,18)(H,16,17). The SMILES string of the molecule is N#CCc1ccc(C(=O)NCCSCC(=O)O)cc1. The molecule has 0 aliphatic heterocycles. The van der Waals surface area contributed by atoms with Crippen molar-refractivity contribution in [2.45, 2.75) is 6.42 Å². The van der Waals surface area contributed by atoms with Crippen molar-refractivity contribution in [3.05, 3.63) is 35.4 Å². The Morgan fingerprint density at radius 3 is 2.58 bits per heavy atom. The van der Waals surface area contributed by atoms with Crippen molar-refractivity contribution in [2.75, 3.05) is 18.1 Å². The number of carboxylic acid groups (broad SMARTS) is 1. The van der Waals surface area contributed by atoms with Crippen LogP contribution in [0.15, 0.2) is 24.3 Å². The molecule has 19 heavy (non-hydrogen) atoms. The highest BCUT2D eigenvalue weighted by Gasteiger charge is 2.04. The molecule has 6 heteroatoms. The number of nitrogens with one attached hydrogen (secondary N) is 1. The van der Waals surface area contributed by atoms with E-state index >= 15 is 0 Å². The number of thioether (sulfide) groups is 1. The highest BCUT2D eigenvalue weighted by Crippen LogP contribution is 2.05. The first-order chi connectivity index (χ1) is 9.13. The van der Waals surface area contributed by atoms with E-state index in [1.54, 1.807) is 24.3 Å². The number of hydrogen-bond acceptors (Lipinski definition) is 4. The van der Waals surface area contributed by atoms with Gasteiger partial charge < -0.3 is 10.4 Å². The zero-order valence-corrected chi connectivity index (χ0v) is 11.1. The van der Waals surface area contributed by atoms with Gasteiger partial charge >= 0.3 is 5.97 Å². The number of amides is 1. The first-order valence-corrected chi connectivity index (χ1v) is 6.82. The Balaban J connectivity index is 2.33. The van der Waals surface area contributed by atoms with Crippen LogP contribution in [0.4, 0.5) is 0 Å². The lowest BCUT2D eigenvalue weighted by atomic mass is 10.1. The van der Waals surface area contributed by atoms with Crippen LogP contribution in [0.1, 0.15) is 15.9 Å². The molecule has 0 heterocycles. The van der Waals surface area contributed by atoms with Crippen molar-refractivity contribution in [1.82, 2.24) is 5.32 Å². The number of benzene rings is 1. The Kier molecular flexibility index (Phi) is 6.47. The van der Waals surface area contributed by atoms with E-state index in [2.05, 4.69) is 5.32 Å². The maximum absolute atomic E-state index is 11.7. The Labute approximate surface area is 115 Å². The van der Waals surface area contributed by atoms with E-state index in [-0.39, 0.29) is 11.7 Å². The summed E-state index contributed by atoms with van der Waals surface area (Å²) in [6.45, 7) is 0.427. The Morgan fingerprint density at radius 1 is 1.32 bits per heavy atom. The second-order valence-corrected chi connectivity index (χ2v) is 4.84. The quantitative estimate of drug-likeness (QED) is 0.734. The van der Waals surface area contributed by atoms with Crippen LogP contribution in [-0.2, 0) is 11.2 Å². The molecule has 1 aromatic carbocycles. The molecule has 0 saturated carbocycles. The second-order valence-electron chi connectivity index (χ2n) is 3.73. The number of aliphatic carboxylic acids is 1. The van der Waals surface area contributed by atoms with Crippen molar-refractivity contribution < 1.29 is 14.7 Å². The lowest BCUT2D eigenvalue weighted by Gasteiger charge is -2.05. The van der Waals surface area contributed by atoms with Crippen LogP contribution < -0.4 is 5.32 Å². The van der Waals surface area contributed by atoms with Gasteiger partial charge in [-0.3, -0.25) is 9.59 Å². The molecule has 0 radical (unpaired) electrons. The maximum Gasteiger partial charge on any atom is 0.313 e. The number of carbonyl (C=O) groups is 2. The predicted octanol–water partition coefficient (Wildman–Crippen LogP) is 1.30. The fourth-order valence-electron chi connectivity index (χ4n) is 1.36. The van der Waals surface area contributed by atoms with Gasteiger partial charge in [-0.2, -0.15) is 5.26 Å². The van der Waals surface area contributed by atoms with Gasteiger partial charge in [0.2, 0.25) is 0 Å². The van der Waals surface area contributed by atoms with E-state index in [4.69, 9.17) is 10.4 Å². The largest absolute Gasteiger partial charge is 0.481 e. The summed E-state index contributed by atoms with van der Waals surface area (Å²) in [5, 5.41) is 19.7. The third kappa shape index (κ3) is 5.93. The third-order valence-electron chi connectivity index (χ3n) is 2.26. The first-order valence-electron chi connectivity index (χ1n) is 5.67. The summed E-state index contributed by atoms with van der Waals surface area (Å²) in [5.41, 5.74) is 1.40. The fraction of sp³-hybridized carbons (Fsp3) is 0.308. The molecular weight excluding hydrogens is 264 g/mol. The smallest absolute Gasteiger partial charge is 0.313 e. The third-order valence-corrected chi connectivity index (χ3v) is 3.20. The molecule has 0 aliphatic rings. The van der Waals surface area contributed by atoms with Crippen molar-refractivity contribution >= 4 is 23.6 Å². The van der Waals surface area contributed by atoms with E-state index in [0.29, 0.717) is 24.3 Å². The average molecular weight is 278 g/mol. The molecule has 0 unspecified atom stereocenters. The molecule has 1 amide bonds. The van der Waals surface area contributed by atoms with Crippen LogP contribution in [0.5, 0.6) is 0 Å². The lowest BCUT2D eigenvalue weighted by molar-refractivity contribution is -0.133. The minimum absolute atomic E-state index is 0.0404. The van der Waals surface area contributed by atoms with E-state index in [1.807, 2.05) is 6.07 Å². The van der Waals surface area contributed by atoms with Gasteiger partial charge in [0.25, 0.3) is 5.91 Å². The Bertz CT molecular complexity index is 480. The maximum atomic E-state index is 11.7. The molecule has 0 aromatic heterocycles. The van der Waals surface area contributed by atoms with Gasteiger partial charge in [0, 0.05) is 17.9 Å². The topological polar surface area (TPSA) is 90.2 Å². The summed E-state index contributed by atoms with van der Waals surface area (Å²) >= 11 is 1.26. The van der Waals surface area contributed by atoms with Crippen LogP contribution in [0.2, 0.25) is 0 Å². The summed E-state index contributed by atoms with van der Waals surface area (Å²) in [6, 6.07) is 8.88. The van der Waals surface area contributed by atoms with Crippen LogP contribution in [0.3, 0.4) is 0 Å². The summed E-state index contributed by atoms with van der Waals surface area (Å²) < 4.78 is 0. The van der Waals surface area contributed by atoms with Gasteiger partial charge in [-0.1, -0.05) is 12.1 Å². The Morgan fingerprint density at radius 2 is 2.00 bits per heavy atom. The van der Waals surface area contributed by atoms with Crippen molar-refractivity contribution in [3.63, 3.8) is 0 Å². The molecule has 0 saturated heterocycles. The molecular formula is C13H14N2O3S. The normalized spacial score (nSPS) is 9.63. The zero-order valence-electron chi connectivity index (χ0n) is 10.3. The van der Waals surface area contributed by atoms with Crippen LogP contribution in [-0.4, -0.2) is 35.0 Å². The van der Waals surface area contributed by atoms with Crippen LogP contribution in [0, 0.1) is 11.3 Å². The van der Waals surface area contributed by atoms with E-state index < -0.39 is 5.97 Å². The van der Waals surface area contributed by atoms with Gasteiger partial charge in [0.15, 0.2) is 0 Å². The summed E-state index contributed by atoms with van der Waals surface area (Å²) in [5.74, 6) is -0.452. The molecule has 1 rings (SSSR count). The summed E-state index contributed by atoms with van der Waals surface area (Å²) in [7, 11) is 0. The van der Waals surface area contributed by atoms with Gasteiger partial charge in [0.05, 0.1) is 18.2 Å².